The summed E-state index contributed by atoms with van der Waals surface area (Å²) in [4.78, 5) is 12.9. The van der Waals surface area contributed by atoms with Crippen molar-refractivity contribution in [3.05, 3.63) is 11.6 Å². The maximum absolute atomic E-state index is 12.9. The second-order valence-corrected chi connectivity index (χ2v) is 15.0. The first-order chi connectivity index (χ1) is 16.5. The van der Waals surface area contributed by atoms with Crippen molar-refractivity contribution in [3.63, 3.8) is 0 Å². The molecule has 11 unspecified atom stereocenters. The Balaban J connectivity index is 1.50. The minimum Gasteiger partial charge on any atom is -0.481 e. The fraction of sp³-hybridized carbons (Fsp3) is 0.900. The zero-order chi connectivity index (χ0) is 26.3. The zero-order valence-corrected chi connectivity index (χ0v) is 22.9. The third-order valence-electron chi connectivity index (χ3n) is 13.9. The molecule has 1 spiro atoms. The minimum absolute atomic E-state index is 0.0387. The van der Waals surface area contributed by atoms with Crippen LogP contribution in [0.1, 0.15) is 92.9 Å². The Morgan fingerprint density at radius 3 is 2.33 bits per heavy atom. The Kier molecular flexibility index (Phi) is 4.90. The molecule has 6 fully saturated rings. The van der Waals surface area contributed by atoms with Gasteiger partial charge in [0.25, 0.3) is 0 Å². The number of aliphatic hydroxyl groups is 3. The van der Waals surface area contributed by atoms with Crippen LogP contribution < -0.4 is 0 Å². The van der Waals surface area contributed by atoms with E-state index in [1.54, 1.807) is 0 Å². The van der Waals surface area contributed by atoms with Crippen LogP contribution in [0.2, 0.25) is 0 Å². The molecule has 4 saturated carbocycles. The van der Waals surface area contributed by atoms with E-state index >= 15 is 0 Å². The summed E-state index contributed by atoms with van der Waals surface area (Å²) in [5.41, 5.74) is -1.94. The van der Waals surface area contributed by atoms with Gasteiger partial charge in [-0.1, -0.05) is 46.3 Å². The lowest BCUT2D eigenvalue weighted by Gasteiger charge is -2.75. The van der Waals surface area contributed by atoms with E-state index in [-0.39, 0.29) is 39.9 Å². The SMILES string of the molecule is CC1CCC2(C(=O)O)CCC3(C)C(=CCC4C56COC(O)(C(O)C5)C(C)(C)C6CCC43C)C2C1(C)O. The molecule has 2 saturated heterocycles. The summed E-state index contributed by atoms with van der Waals surface area (Å²) in [7, 11) is 0. The fourth-order valence-corrected chi connectivity index (χ4v) is 11.4. The van der Waals surface area contributed by atoms with Gasteiger partial charge in [-0.25, -0.2) is 0 Å². The Hall–Kier alpha value is -0.950. The van der Waals surface area contributed by atoms with Crippen molar-refractivity contribution in [3.8, 4) is 0 Å². The molecule has 2 heterocycles. The van der Waals surface area contributed by atoms with Crippen molar-refractivity contribution in [2.24, 2.45) is 50.7 Å². The first kappa shape index (κ1) is 25.3. The molecule has 0 aromatic rings. The van der Waals surface area contributed by atoms with Crippen molar-refractivity contribution in [1.29, 1.82) is 0 Å². The predicted octanol–water partition coefficient (Wildman–Crippen LogP) is 4.51. The van der Waals surface area contributed by atoms with Gasteiger partial charge in [0.1, 0.15) is 6.10 Å². The molecule has 2 aliphatic heterocycles. The van der Waals surface area contributed by atoms with Crippen molar-refractivity contribution in [2.45, 2.75) is 110 Å². The number of hydrogen-bond acceptors (Lipinski definition) is 5. The highest BCUT2D eigenvalue weighted by molar-refractivity contribution is 5.77. The number of carboxylic acid groups (broad SMARTS) is 1. The number of allylic oxidation sites excluding steroid dienone is 1. The monoisotopic (exact) mass is 502 g/mol. The van der Waals surface area contributed by atoms with Crippen LogP contribution in [0.4, 0.5) is 0 Å². The summed E-state index contributed by atoms with van der Waals surface area (Å²) in [6.07, 6.45) is 7.46. The summed E-state index contributed by atoms with van der Waals surface area (Å²) >= 11 is 0. The molecule has 6 heteroatoms. The zero-order valence-electron chi connectivity index (χ0n) is 22.9. The summed E-state index contributed by atoms with van der Waals surface area (Å²) < 4.78 is 6.16. The molecule has 7 aliphatic rings. The molecule has 7 rings (SSSR count). The van der Waals surface area contributed by atoms with Crippen LogP contribution in [0.3, 0.4) is 0 Å². The molecule has 36 heavy (non-hydrogen) atoms. The number of fused-ring (bicyclic) bond motifs is 7. The molecular weight excluding hydrogens is 456 g/mol. The van der Waals surface area contributed by atoms with Gasteiger partial charge in [-0.15, -0.1) is 0 Å². The summed E-state index contributed by atoms with van der Waals surface area (Å²) in [6.45, 7) is 13.3. The maximum atomic E-state index is 12.9. The summed E-state index contributed by atoms with van der Waals surface area (Å²) in [5, 5.41) is 45.0. The van der Waals surface area contributed by atoms with Crippen LogP contribution in [0.25, 0.3) is 0 Å². The standard InChI is InChI=1S/C30H46O6/c1-17-9-12-28(23(32)33)14-13-25(4)18(22(28)27(17,6)34)7-8-20-26(25,5)11-10-19-24(2,3)30(35)21(31)15-29(19,20)16-36-30/h7,17,19-22,31,34-35H,8-16H2,1-6H3,(H,32,33). The molecule has 0 radical (unpaired) electrons. The molecule has 0 amide bonds. The summed E-state index contributed by atoms with van der Waals surface area (Å²) in [6, 6.07) is 0. The van der Waals surface area contributed by atoms with E-state index in [1.807, 2.05) is 6.92 Å². The van der Waals surface area contributed by atoms with Crippen molar-refractivity contribution >= 4 is 5.97 Å². The molecule has 0 aromatic carbocycles. The maximum Gasteiger partial charge on any atom is 0.310 e. The van der Waals surface area contributed by atoms with Gasteiger partial charge in [0.15, 0.2) is 5.79 Å². The fourth-order valence-electron chi connectivity index (χ4n) is 11.4. The number of rotatable bonds is 1. The molecule has 0 aromatic heterocycles. The number of carboxylic acids is 1. The van der Waals surface area contributed by atoms with Gasteiger partial charge in [-0.05, 0) is 86.9 Å². The largest absolute Gasteiger partial charge is 0.481 e. The smallest absolute Gasteiger partial charge is 0.310 e. The van der Waals surface area contributed by atoms with Crippen LogP contribution in [0.5, 0.6) is 0 Å². The molecule has 2 bridgehead atoms. The van der Waals surface area contributed by atoms with Gasteiger partial charge < -0.3 is 25.2 Å². The number of hydrogen-bond donors (Lipinski definition) is 4. The second kappa shape index (κ2) is 6.97. The van der Waals surface area contributed by atoms with Gasteiger partial charge in [-0.3, -0.25) is 4.79 Å². The molecule has 5 aliphatic carbocycles. The second-order valence-electron chi connectivity index (χ2n) is 15.0. The van der Waals surface area contributed by atoms with E-state index in [0.717, 1.165) is 32.1 Å². The number of ether oxygens (including phenoxy) is 1. The van der Waals surface area contributed by atoms with E-state index in [1.165, 1.54) is 5.57 Å². The van der Waals surface area contributed by atoms with Crippen molar-refractivity contribution < 1.29 is 30.0 Å². The van der Waals surface area contributed by atoms with Crippen LogP contribution in [-0.2, 0) is 9.53 Å². The van der Waals surface area contributed by atoms with Gasteiger partial charge >= 0.3 is 5.97 Å². The third-order valence-corrected chi connectivity index (χ3v) is 13.9. The van der Waals surface area contributed by atoms with E-state index < -0.39 is 34.3 Å². The van der Waals surface area contributed by atoms with Gasteiger partial charge in [0.05, 0.1) is 17.6 Å². The highest BCUT2D eigenvalue weighted by Gasteiger charge is 2.77. The number of aliphatic carboxylic acids is 1. The lowest BCUT2D eigenvalue weighted by atomic mass is 9.32. The number of carbonyl (C=O) groups is 1. The minimum atomic E-state index is -1.50. The Bertz CT molecular complexity index is 1030. The summed E-state index contributed by atoms with van der Waals surface area (Å²) in [5.74, 6) is -2.09. The van der Waals surface area contributed by atoms with E-state index in [0.29, 0.717) is 25.9 Å². The number of aliphatic hydroxyl groups excluding tert-OH is 1. The predicted molar refractivity (Wildman–Crippen MR) is 135 cm³/mol. The molecule has 202 valence electrons. The Morgan fingerprint density at radius 2 is 1.69 bits per heavy atom. The van der Waals surface area contributed by atoms with Gasteiger partial charge in [0, 0.05) is 16.7 Å². The quantitative estimate of drug-likeness (QED) is 0.393. The Labute approximate surface area is 215 Å². The highest BCUT2D eigenvalue weighted by atomic mass is 16.6. The lowest BCUT2D eigenvalue weighted by Crippen LogP contribution is -2.77. The van der Waals surface area contributed by atoms with Crippen LogP contribution in [-0.4, -0.2) is 50.5 Å². The van der Waals surface area contributed by atoms with Crippen molar-refractivity contribution in [1.82, 2.24) is 0 Å². The van der Waals surface area contributed by atoms with Gasteiger partial charge in [-0.2, -0.15) is 0 Å². The highest BCUT2D eigenvalue weighted by Crippen LogP contribution is 2.78. The normalized spacial score (nSPS) is 59.1. The molecular formula is C30H46O6. The van der Waals surface area contributed by atoms with E-state index in [4.69, 9.17) is 4.74 Å². The third kappa shape index (κ3) is 2.48. The molecule has 4 N–H and O–H groups in total. The molecule has 6 nitrogen and oxygen atoms in total. The Morgan fingerprint density at radius 1 is 1.00 bits per heavy atom. The van der Waals surface area contributed by atoms with Crippen LogP contribution in [0.15, 0.2) is 11.6 Å². The first-order valence-corrected chi connectivity index (χ1v) is 14.3. The van der Waals surface area contributed by atoms with Gasteiger partial charge in [0.2, 0.25) is 0 Å². The average molecular weight is 503 g/mol. The average Bonchev–Trinajstić information content (AvgIpc) is 2.78. The topological polar surface area (TPSA) is 107 Å². The van der Waals surface area contributed by atoms with E-state index in [9.17, 15) is 25.2 Å². The van der Waals surface area contributed by atoms with Crippen molar-refractivity contribution in [2.75, 3.05) is 6.61 Å². The van der Waals surface area contributed by atoms with E-state index in [2.05, 4.69) is 40.7 Å². The molecule has 11 atom stereocenters. The first-order valence-electron chi connectivity index (χ1n) is 14.3. The lowest BCUT2D eigenvalue weighted by molar-refractivity contribution is -0.426. The van der Waals surface area contributed by atoms with Crippen LogP contribution >= 0.6 is 0 Å². The van der Waals surface area contributed by atoms with Crippen LogP contribution in [0, 0.1) is 50.7 Å².